The molecule has 2 unspecified atom stereocenters. The van der Waals surface area contributed by atoms with E-state index in [1.807, 2.05) is 37.1 Å². The van der Waals surface area contributed by atoms with Gasteiger partial charge in [-0.15, -0.1) is 12.6 Å². The lowest BCUT2D eigenvalue weighted by atomic mass is 9.87. The highest BCUT2D eigenvalue weighted by Gasteiger charge is 2.34. The number of nitrogens with one attached hydrogen (secondary N) is 1. The van der Waals surface area contributed by atoms with E-state index in [0.717, 1.165) is 46.9 Å². The second-order valence-corrected chi connectivity index (χ2v) is 10.1. The second-order valence-electron chi connectivity index (χ2n) is 9.65. The Balaban J connectivity index is 0.000000695. The largest absolute Gasteiger partial charge is 0.497 e. The van der Waals surface area contributed by atoms with Crippen molar-refractivity contribution in [3.05, 3.63) is 66.2 Å². The van der Waals surface area contributed by atoms with Crippen molar-refractivity contribution in [2.75, 3.05) is 27.3 Å². The third-order valence-corrected chi connectivity index (χ3v) is 7.41. The van der Waals surface area contributed by atoms with E-state index in [1.54, 1.807) is 14.2 Å². The quantitative estimate of drug-likeness (QED) is 0.186. The summed E-state index contributed by atoms with van der Waals surface area (Å²) < 4.78 is 10.6. The molecule has 38 heavy (non-hydrogen) atoms. The first-order valence-corrected chi connectivity index (χ1v) is 14.3. The molecule has 0 radical (unpaired) electrons. The topological polar surface area (TPSA) is 47.6 Å². The zero-order valence-electron chi connectivity index (χ0n) is 24.2. The number of hydrogen-bond acceptors (Lipinski definition) is 5. The smallest absolute Gasteiger partial charge is 0.129 e. The summed E-state index contributed by atoms with van der Waals surface area (Å²) in [6, 6.07) is 14.1. The molecule has 1 aliphatic carbocycles. The number of carbonyl (C=O) groups excluding carboxylic acids is 1. The molecule has 0 aromatic heterocycles. The van der Waals surface area contributed by atoms with Crippen molar-refractivity contribution in [1.82, 2.24) is 5.32 Å². The van der Waals surface area contributed by atoms with Gasteiger partial charge in [-0.25, -0.2) is 0 Å². The van der Waals surface area contributed by atoms with E-state index in [9.17, 15) is 0 Å². The number of ether oxygens (including phenoxy) is 2. The van der Waals surface area contributed by atoms with Gasteiger partial charge < -0.3 is 19.6 Å². The Morgan fingerprint density at radius 1 is 1.08 bits per heavy atom. The van der Waals surface area contributed by atoms with E-state index >= 15 is 0 Å². The highest BCUT2D eigenvalue weighted by molar-refractivity contribution is 7.80. The van der Waals surface area contributed by atoms with E-state index in [2.05, 4.69) is 69.6 Å². The van der Waals surface area contributed by atoms with Gasteiger partial charge in [-0.2, -0.15) is 0 Å². The van der Waals surface area contributed by atoms with E-state index in [4.69, 9.17) is 14.3 Å². The van der Waals surface area contributed by atoms with Gasteiger partial charge >= 0.3 is 0 Å². The highest BCUT2D eigenvalue weighted by atomic mass is 32.1. The van der Waals surface area contributed by atoms with Crippen molar-refractivity contribution in [3.63, 3.8) is 0 Å². The van der Waals surface area contributed by atoms with Gasteiger partial charge in [0.25, 0.3) is 0 Å². The Kier molecular flexibility index (Phi) is 17.3. The van der Waals surface area contributed by atoms with Crippen LogP contribution in [0, 0.1) is 17.8 Å². The summed E-state index contributed by atoms with van der Waals surface area (Å²) in [7, 11) is 3.35. The molecule has 0 aliphatic heterocycles. The molecule has 0 amide bonds. The van der Waals surface area contributed by atoms with Gasteiger partial charge in [-0.1, -0.05) is 77.0 Å². The zero-order valence-corrected chi connectivity index (χ0v) is 25.1. The fourth-order valence-corrected chi connectivity index (χ4v) is 5.01. The fourth-order valence-electron chi connectivity index (χ4n) is 4.71. The molecule has 0 saturated heterocycles. The first-order valence-electron chi connectivity index (χ1n) is 13.8. The van der Waals surface area contributed by atoms with Gasteiger partial charge in [-0.05, 0) is 72.9 Å². The molecule has 1 saturated carbocycles. The van der Waals surface area contributed by atoms with Crippen molar-refractivity contribution in [2.24, 2.45) is 17.8 Å². The van der Waals surface area contributed by atoms with Crippen LogP contribution in [-0.4, -0.2) is 34.1 Å². The van der Waals surface area contributed by atoms with Gasteiger partial charge in [0.15, 0.2) is 0 Å². The summed E-state index contributed by atoms with van der Waals surface area (Å²) in [5.74, 6) is 4.14. The lowest BCUT2D eigenvalue weighted by molar-refractivity contribution is -0.0979. The van der Waals surface area contributed by atoms with Crippen LogP contribution in [0.1, 0.15) is 71.8 Å². The Morgan fingerprint density at radius 3 is 2.32 bits per heavy atom. The van der Waals surface area contributed by atoms with Crippen molar-refractivity contribution >= 4 is 31.1 Å². The lowest BCUT2D eigenvalue weighted by Gasteiger charge is -2.19. The molecule has 0 heterocycles. The zero-order chi connectivity index (χ0) is 28.3. The van der Waals surface area contributed by atoms with Crippen LogP contribution in [-0.2, 0) is 4.79 Å². The Hall–Kier alpha value is -2.50. The normalized spacial score (nSPS) is 15.8. The average molecular weight is 542 g/mol. The summed E-state index contributed by atoms with van der Waals surface area (Å²) in [4.78, 5) is 9.05. The number of carbonyl (C=O) groups is 1. The van der Waals surface area contributed by atoms with Crippen LogP contribution in [0.4, 0.5) is 0 Å². The van der Waals surface area contributed by atoms with Crippen LogP contribution in [0.3, 0.4) is 0 Å². The van der Waals surface area contributed by atoms with Crippen molar-refractivity contribution in [2.45, 2.75) is 64.2 Å². The molecule has 5 heteroatoms. The number of hydrogen-bond donors (Lipinski definition) is 2. The van der Waals surface area contributed by atoms with Crippen molar-refractivity contribution < 1.29 is 15.7 Å². The maximum Gasteiger partial charge on any atom is 0.129 e. The van der Waals surface area contributed by atoms with Crippen LogP contribution in [0.5, 0.6) is 11.5 Å². The van der Waals surface area contributed by atoms with Gasteiger partial charge in [-0.3, -0.25) is 0 Å². The fraction of sp³-hybridized carbons (Fsp3) is 0.485. The Bertz CT molecular complexity index is 975. The van der Waals surface area contributed by atoms with Gasteiger partial charge in [0.1, 0.15) is 18.3 Å². The number of benzene rings is 2. The van der Waals surface area contributed by atoms with Gasteiger partial charge in [0.2, 0.25) is 0 Å². The first-order chi connectivity index (χ1) is 18.5. The molecule has 3 rings (SSSR count). The molecule has 2 aromatic rings. The summed E-state index contributed by atoms with van der Waals surface area (Å²) in [6.07, 6.45) is 11.9. The first kappa shape index (κ1) is 33.5. The molecule has 0 spiro atoms. The molecule has 1 N–H and O–H groups in total. The number of allylic oxidation sites excluding steroid dienone is 1. The third-order valence-electron chi connectivity index (χ3n) is 7.02. The summed E-state index contributed by atoms with van der Waals surface area (Å²) in [6.45, 7) is 15.1. The molecule has 1 fully saturated rings. The molecular formula is C33H51NO3S. The van der Waals surface area contributed by atoms with Crippen LogP contribution in [0.25, 0.3) is 11.6 Å². The molecule has 0 bridgehead atoms. The van der Waals surface area contributed by atoms with E-state index < -0.39 is 0 Å². The number of thiol groups is 1. The molecule has 2 atom stereocenters. The van der Waals surface area contributed by atoms with Gasteiger partial charge in [0.05, 0.1) is 14.2 Å². The second kappa shape index (κ2) is 19.6. The van der Waals surface area contributed by atoms with Crippen LogP contribution >= 0.6 is 12.6 Å². The molecule has 1 aliphatic rings. The lowest BCUT2D eigenvalue weighted by Crippen LogP contribution is -2.17. The Labute approximate surface area is 238 Å². The molecule has 212 valence electrons. The molecule has 4 nitrogen and oxygen atoms in total. The predicted octanol–water partition coefficient (Wildman–Crippen LogP) is 8.62. The van der Waals surface area contributed by atoms with Crippen LogP contribution in [0.15, 0.2) is 60.0 Å². The van der Waals surface area contributed by atoms with E-state index in [0.29, 0.717) is 5.92 Å². The minimum absolute atomic E-state index is 0. The van der Waals surface area contributed by atoms with Crippen molar-refractivity contribution in [3.8, 4) is 11.5 Å². The number of methoxy groups -OCH3 is 2. The standard InChI is InChI=1S/C17H25NO2.C15H22S.CH2O.H2/c1-4-13-10-15(13)12-18-9-5-6-14-7-8-16(19-2)11-17(14)20-3;1-4-8-13(9-5-2)12(3)14-10-6-7-11-15(14)16;1-2;/h5-8,11,13,15,18H,4,9-10,12H2,1-3H3;6-7,10-11,13,16H,3-5,8-9H2,1-2H3;1H2;1H/b6-5+;;;. The summed E-state index contributed by atoms with van der Waals surface area (Å²) >= 11 is 4.51. The highest BCUT2D eigenvalue weighted by Crippen LogP contribution is 2.40. The SMILES string of the molecule is C=C(c1ccccc1S)C(CCC)CCC.C=O.CCC1CC1CNC/C=C/c1ccc(OC)cc1OC.[HH]. The summed E-state index contributed by atoms with van der Waals surface area (Å²) in [5, 5.41) is 3.49. The molecule has 2 aromatic carbocycles. The van der Waals surface area contributed by atoms with Crippen LogP contribution < -0.4 is 14.8 Å². The third kappa shape index (κ3) is 11.5. The van der Waals surface area contributed by atoms with E-state index in [1.165, 1.54) is 49.7 Å². The number of rotatable bonds is 14. The maximum atomic E-state index is 8.00. The predicted molar refractivity (Wildman–Crippen MR) is 169 cm³/mol. The van der Waals surface area contributed by atoms with Crippen LogP contribution in [0.2, 0.25) is 0 Å². The Morgan fingerprint density at radius 2 is 1.76 bits per heavy atom. The maximum absolute atomic E-state index is 8.00. The molecular weight excluding hydrogens is 490 g/mol. The monoisotopic (exact) mass is 541 g/mol. The summed E-state index contributed by atoms with van der Waals surface area (Å²) in [5.41, 5.74) is 3.56. The average Bonchev–Trinajstić information content (AvgIpc) is 3.72. The minimum Gasteiger partial charge on any atom is -0.497 e. The minimum atomic E-state index is 0. The van der Waals surface area contributed by atoms with Crippen molar-refractivity contribution in [1.29, 1.82) is 0 Å². The van der Waals surface area contributed by atoms with E-state index in [-0.39, 0.29) is 1.43 Å². The van der Waals surface area contributed by atoms with Gasteiger partial charge in [0, 0.05) is 24.5 Å².